The Kier molecular flexibility index (Phi) is 3.73. The summed E-state index contributed by atoms with van der Waals surface area (Å²) in [6, 6.07) is 4.04. The number of hydrogen-bond acceptors (Lipinski definition) is 2. The van der Waals surface area contributed by atoms with Crippen LogP contribution in [0.2, 0.25) is 0 Å². The van der Waals surface area contributed by atoms with E-state index in [1.807, 2.05) is 20.8 Å². The summed E-state index contributed by atoms with van der Waals surface area (Å²) in [4.78, 5) is 12.9. The van der Waals surface area contributed by atoms with E-state index in [1.54, 1.807) is 6.07 Å². The second-order valence-corrected chi connectivity index (χ2v) is 6.36. The van der Waals surface area contributed by atoms with Crippen molar-refractivity contribution in [2.75, 3.05) is 13.2 Å². The Balaban J connectivity index is 2.61. The van der Waals surface area contributed by atoms with Crippen LogP contribution >= 0.6 is 0 Å². The van der Waals surface area contributed by atoms with Gasteiger partial charge in [0.05, 0.1) is 12.6 Å². The Bertz CT molecular complexity index is 524. The van der Waals surface area contributed by atoms with Gasteiger partial charge in [0.1, 0.15) is 5.82 Å². The summed E-state index contributed by atoms with van der Waals surface area (Å²) < 4.78 is 13.5. The molecule has 0 radical (unpaired) electrons. The van der Waals surface area contributed by atoms with E-state index in [9.17, 15) is 19.4 Å². The summed E-state index contributed by atoms with van der Waals surface area (Å²) in [5.74, 6) is -0.742. The second kappa shape index (κ2) is 5.05. The van der Waals surface area contributed by atoms with E-state index in [4.69, 9.17) is 0 Å². The Morgan fingerprint density at radius 2 is 2.05 bits per heavy atom. The molecule has 5 heteroatoms. The number of fused-ring (bicyclic) bond motifs is 1. The highest BCUT2D eigenvalue weighted by atomic mass is 19.1. The smallest absolute Gasteiger partial charge is 0.407 e. The molecule has 1 aliphatic heterocycles. The number of rotatable bonds is 1. The number of amides is 1. The average Bonchev–Trinajstić information content (AvgIpc) is 2.35. The van der Waals surface area contributed by atoms with Crippen LogP contribution in [0.15, 0.2) is 18.2 Å². The normalized spacial score (nSPS) is 22.6. The van der Waals surface area contributed by atoms with E-state index in [-0.39, 0.29) is 36.3 Å². The van der Waals surface area contributed by atoms with Gasteiger partial charge in [0.2, 0.25) is 0 Å². The maximum Gasteiger partial charge on any atom is 0.407 e. The molecule has 2 atom stereocenters. The fourth-order valence-corrected chi connectivity index (χ4v) is 3.04. The topological polar surface area (TPSA) is 60.8 Å². The number of carboxylic acid groups (broad SMARTS) is 1. The van der Waals surface area contributed by atoms with Crippen LogP contribution in [-0.4, -0.2) is 34.4 Å². The zero-order valence-corrected chi connectivity index (χ0v) is 11.9. The lowest BCUT2D eigenvalue weighted by Gasteiger charge is -2.45. The van der Waals surface area contributed by atoms with Crippen molar-refractivity contribution in [1.82, 2.24) is 4.90 Å². The minimum absolute atomic E-state index is 0.185. The van der Waals surface area contributed by atoms with Gasteiger partial charge in [-0.15, -0.1) is 0 Å². The van der Waals surface area contributed by atoms with Gasteiger partial charge in [-0.3, -0.25) is 0 Å². The third kappa shape index (κ3) is 2.50. The van der Waals surface area contributed by atoms with Crippen molar-refractivity contribution in [3.8, 4) is 0 Å². The van der Waals surface area contributed by atoms with Gasteiger partial charge in [-0.25, -0.2) is 9.18 Å². The van der Waals surface area contributed by atoms with Gasteiger partial charge in [-0.2, -0.15) is 0 Å². The summed E-state index contributed by atoms with van der Waals surface area (Å²) in [6.45, 7) is 5.86. The number of aliphatic hydroxyl groups is 1. The molecule has 0 spiro atoms. The van der Waals surface area contributed by atoms with E-state index < -0.39 is 6.09 Å². The molecule has 2 rings (SSSR count). The summed E-state index contributed by atoms with van der Waals surface area (Å²) >= 11 is 0. The molecule has 0 aliphatic carbocycles. The molecule has 0 saturated carbocycles. The Labute approximate surface area is 117 Å². The first-order chi connectivity index (χ1) is 9.25. The maximum absolute atomic E-state index is 13.5. The van der Waals surface area contributed by atoms with Crippen LogP contribution in [0.5, 0.6) is 0 Å². The van der Waals surface area contributed by atoms with E-state index in [0.29, 0.717) is 5.56 Å². The number of benzene rings is 1. The van der Waals surface area contributed by atoms with Crippen LogP contribution < -0.4 is 0 Å². The molecule has 0 aromatic heterocycles. The Morgan fingerprint density at radius 3 is 2.55 bits per heavy atom. The summed E-state index contributed by atoms with van der Waals surface area (Å²) in [6.07, 6.45) is -1.02. The van der Waals surface area contributed by atoms with Gasteiger partial charge in [-0.1, -0.05) is 26.8 Å². The molecule has 110 valence electrons. The lowest BCUT2D eigenvalue weighted by atomic mass is 9.74. The zero-order chi connectivity index (χ0) is 15.1. The van der Waals surface area contributed by atoms with Crippen LogP contribution in [0.1, 0.15) is 43.9 Å². The lowest BCUT2D eigenvalue weighted by molar-refractivity contribution is 0.0618. The van der Waals surface area contributed by atoms with Crippen LogP contribution in [0.25, 0.3) is 0 Å². The van der Waals surface area contributed by atoms with E-state index in [0.717, 1.165) is 5.56 Å². The molecule has 1 aromatic carbocycles. The molecule has 0 bridgehead atoms. The molecule has 20 heavy (non-hydrogen) atoms. The van der Waals surface area contributed by atoms with Crippen molar-refractivity contribution in [3.05, 3.63) is 35.1 Å². The number of halogens is 1. The highest BCUT2D eigenvalue weighted by Crippen LogP contribution is 2.45. The molecule has 2 N–H and O–H groups in total. The van der Waals surface area contributed by atoms with Crippen molar-refractivity contribution in [2.45, 2.75) is 32.7 Å². The van der Waals surface area contributed by atoms with Crippen LogP contribution in [-0.2, 0) is 0 Å². The Morgan fingerprint density at radius 1 is 1.40 bits per heavy atom. The van der Waals surface area contributed by atoms with Crippen LogP contribution in [0.3, 0.4) is 0 Å². The quantitative estimate of drug-likeness (QED) is 0.832. The number of hydrogen-bond donors (Lipinski definition) is 2. The molecule has 0 fully saturated rings. The molecule has 1 aliphatic rings. The number of carbonyl (C=O) groups is 1. The molecule has 4 nitrogen and oxygen atoms in total. The third-order valence-corrected chi connectivity index (χ3v) is 3.80. The first-order valence-corrected chi connectivity index (χ1v) is 6.65. The number of nitrogens with zero attached hydrogens (tertiary/aromatic N) is 1. The van der Waals surface area contributed by atoms with Crippen molar-refractivity contribution in [3.63, 3.8) is 0 Å². The highest BCUT2D eigenvalue weighted by molar-refractivity contribution is 5.67. The predicted molar refractivity (Wildman–Crippen MR) is 73.2 cm³/mol. The van der Waals surface area contributed by atoms with Gasteiger partial charge in [0, 0.05) is 12.5 Å². The van der Waals surface area contributed by atoms with Gasteiger partial charge in [0.15, 0.2) is 0 Å². The molecule has 1 heterocycles. The predicted octanol–water partition coefficient (Wildman–Crippen LogP) is 2.98. The van der Waals surface area contributed by atoms with Crippen LogP contribution in [0.4, 0.5) is 9.18 Å². The van der Waals surface area contributed by atoms with Gasteiger partial charge in [-0.05, 0) is 28.7 Å². The molecule has 1 amide bonds. The van der Waals surface area contributed by atoms with Crippen molar-refractivity contribution in [1.29, 1.82) is 0 Å². The van der Waals surface area contributed by atoms with E-state index in [1.165, 1.54) is 17.0 Å². The SMILES string of the molecule is CC(C)(C)C1c2ccc(F)cc2C(CO)CN1C(=O)O. The van der Waals surface area contributed by atoms with Gasteiger partial charge >= 0.3 is 6.09 Å². The fraction of sp³-hybridized carbons (Fsp3) is 0.533. The zero-order valence-electron chi connectivity index (χ0n) is 11.9. The first-order valence-electron chi connectivity index (χ1n) is 6.65. The van der Waals surface area contributed by atoms with Crippen molar-refractivity contribution in [2.24, 2.45) is 5.41 Å². The van der Waals surface area contributed by atoms with Crippen LogP contribution in [0, 0.1) is 11.2 Å². The summed E-state index contributed by atoms with van der Waals surface area (Å²) in [5.41, 5.74) is 1.18. The van der Waals surface area contributed by atoms with E-state index >= 15 is 0 Å². The van der Waals surface area contributed by atoms with Crippen molar-refractivity contribution >= 4 is 6.09 Å². The molecular formula is C15H20FNO3. The van der Waals surface area contributed by atoms with E-state index in [2.05, 4.69) is 0 Å². The fourth-order valence-electron chi connectivity index (χ4n) is 3.04. The highest BCUT2D eigenvalue weighted by Gasteiger charge is 2.41. The third-order valence-electron chi connectivity index (χ3n) is 3.80. The average molecular weight is 281 g/mol. The lowest BCUT2D eigenvalue weighted by Crippen LogP contribution is -2.46. The molecule has 1 aromatic rings. The maximum atomic E-state index is 13.5. The molecule has 0 saturated heterocycles. The minimum Gasteiger partial charge on any atom is -0.465 e. The second-order valence-electron chi connectivity index (χ2n) is 6.36. The van der Waals surface area contributed by atoms with Gasteiger partial charge < -0.3 is 15.1 Å². The minimum atomic E-state index is -1.02. The summed E-state index contributed by atoms with van der Waals surface area (Å²) in [5, 5.41) is 18.9. The Hall–Kier alpha value is -1.62. The largest absolute Gasteiger partial charge is 0.465 e. The van der Waals surface area contributed by atoms with Gasteiger partial charge in [0.25, 0.3) is 0 Å². The standard InChI is InChI=1S/C15H20FNO3/c1-15(2,3)13-11-5-4-10(16)6-12(11)9(8-18)7-17(13)14(19)20/h4-6,9,13,18H,7-8H2,1-3H3,(H,19,20). The summed E-state index contributed by atoms with van der Waals surface area (Å²) in [7, 11) is 0. The monoisotopic (exact) mass is 281 g/mol. The first kappa shape index (κ1) is 14.8. The number of aliphatic hydroxyl groups excluding tert-OH is 1. The molecule has 2 unspecified atom stereocenters. The molecular weight excluding hydrogens is 261 g/mol. The van der Waals surface area contributed by atoms with Crippen molar-refractivity contribution < 1.29 is 19.4 Å².